The molecule has 0 aliphatic heterocycles. The minimum atomic E-state index is -0.119. The third-order valence-corrected chi connectivity index (χ3v) is 4.66. The van der Waals surface area contributed by atoms with E-state index in [9.17, 15) is 4.79 Å². The zero-order valence-electron chi connectivity index (χ0n) is 14.9. The Balaban J connectivity index is 2.16. The van der Waals surface area contributed by atoms with Gasteiger partial charge in [-0.2, -0.15) is 0 Å². The van der Waals surface area contributed by atoms with Crippen LogP contribution in [0.25, 0.3) is 0 Å². The molecule has 134 valence electrons. The van der Waals surface area contributed by atoms with E-state index in [0.29, 0.717) is 23.1 Å². The van der Waals surface area contributed by atoms with Crippen LogP contribution >= 0.6 is 23.2 Å². The Morgan fingerprint density at radius 2 is 1.88 bits per heavy atom. The highest BCUT2D eigenvalue weighted by Gasteiger charge is 2.16. The van der Waals surface area contributed by atoms with Crippen LogP contribution in [0.2, 0.25) is 10.0 Å². The molecule has 0 radical (unpaired) electrons. The van der Waals surface area contributed by atoms with Crippen molar-refractivity contribution in [1.29, 1.82) is 0 Å². The molecule has 0 bridgehead atoms. The fourth-order valence-electron chi connectivity index (χ4n) is 2.61. The smallest absolute Gasteiger partial charge is 0.320 e. The second-order valence-electron chi connectivity index (χ2n) is 6.26. The average molecular weight is 379 g/mol. The number of urea groups is 1. The molecule has 2 rings (SSSR count). The maximum absolute atomic E-state index is 12.8. The monoisotopic (exact) mass is 378 g/mol. The first-order chi connectivity index (χ1) is 11.9. The molecule has 1 N–H and O–H groups in total. The molecule has 2 aromatic carbocycles. The number of hydrogen-bond donors (Lipinski definition) is 1. The van der Waals surface area contributed by atoms with E-state index in [-0.39, 0.29) is 6.03 Å². The Kier molecular flexibility index (Phi) is 7.15. The lowest BCUT2D eigenvalue weighted by molar-refractivity contribution is 0.208. The lowest BCUT2D eigenvalue weighted by atomic mass is 10.1. The molecule has 2 aromatic rings. The molecular formula is C20H24Cl2N2O. The van der Waals surface area contributed by atoms with Gasteiger partial charge in [0, 0.05) is 28.8 Å². The third kappa shape index (κ3) is 5.65. The molecular weight excluding hydrogens is 355 g/mol. The Morgan fingerprint density at radius 1 is 1.12 bits per heavy atom. The first-order valence-corrected chi connectivity index (χ1v) is 9.23. The fourth-order valence-corrected chi connectivity index (χ4v) is 3.07. The lowest BCUT2D eigenvalue weighted by Crippen LogP contribution is -2.35. The van der Waals surface area contributed by atoms with Crippen LogP contribution in [0.5, 0.6) is 0 Å². The first kappa shape index (κ1) is 19.6. The van der Waals surface area contributed by atoms with E-state index in [0.717, 1.165) is 29.7 Å². The van der Waals surface area contributed by atoms with Gasteiger partial charge >= 0.3 is 6.03 Å². The number of nitrogens with one attached hydrogen (secondary N) is 1. The lowest BCUT2D eigenvalue weighted by Gasteiger charge is -2.24. The zero-order chi connectivity index (χ0) is 18.4. The van der Waals surface area contributed by atoms with Gasteiger partial charge in [-0.25, -0.2) is 4.79 Å². The average Bonchev–Trinajstić information content (AvgIpc) is 2.55. The summed E-state index contributed by atoms with van der Waals surface area (Å²) in [5.41, 5.74) is 3.94. The minimum absolute atomic E-state index is 0.119. The number of carbonyl (C=O) groups excluding carboxylic acids is 1. The van der Waals surface area contributed by atoms with Crippen LogP contribution in [0.1, 0.15) is 36.5 Å². The third-order valence-electron chi connectivity index (χ3n) is 4.07. The van der Waals surface area contributed by atoms with Crippen LogP contribution < -0.4 is 5.32 Å². The fraction of sp³-hybridized carbons (Fsp3) is 0.350. The van der Waals surface area contributed by atoms with Crippen molar-refractivity contribution in [2.75, 3.05) is 11.9 Å². The number of hydrogen-bond acceptors (Lipinski definition) is 1. The van der Waals surface area contributed by atoms with Crippen molar-refractivity contribution in [2.24, 2.45) is 0 Å². The summed E-state index contributed by atoms with van der Waals surface area (Å²) < 4.78 is 0. The van der Waals surface area contributed by atoms with Gasteiger partial charge in [-0.1, -0.05) is 60.3 Å². The van der Waals surface area contributed by atoms with Gasteiger partial charge < -0.3 is 10.2 Å². The van der Waals surface area contributed by atoms with Crippen LogP contribution in [0.4, 0.5) is 10.5 Å². The number of unbranched alkanes of at least 4 members (excludes halogenated alkanes) is 1. The Bertz CT molecular complexity index is 746. The quantitative estimate of drug-likeness (QED) is 0.615. The summed E-state index contributed by atoms with van der Waals surface area (Å²) >= 11 is 12.2. The minimum Gasteiger partial charge on any atom is -0.320 e. The van der Waals surface area contributed by atoms with E-state index < -0.39 is 0 Å². The molecule has 2 amide bonds. The Hall–Kier alpha value is -1.71. The summed E-state index contributed by atoms with van der Waals surface area (Å²) in [6.07, 6.45) is 1.95. The normalized spacial score (nSPS) is 10.6. The SMILES string of the molecule is CCCCN(Cc1ccc(Cl)cc1Cl)C(=O)Nc1ccc(C)cc1C. The summed E-state index contributed by atoms with van der Waals surface area (Å²) in [6.45, 7) is 7.26. The predicted octanol–water partition coefficient (Wildman–Crippen LogP) is 6.44. The summed E-state index contributed by atoms with van der Waals surface area (Å²) in [5, 5.41) is 4.18. The van der Waals surface area contributed by atoms with Gasteiger partial charge in [-0.05, 0) is 49.6 Å². The van der Waals surface area contributed by atoms with Gasteiger partial charge in [0.2, 0.25) is 0 Å². The Labute approximate surface area is 159 Å². The molecule has 0 saturated heterocycles. The van der Waals surface area contributed by atoms with E-state index in [1.54, 1.807) is 17.0 Å². The van der Waals surface area contributed by atoms with Gasteiger partial charge in [0.1, 0.15) is 0 Å². The molecule has 0 aliphatic rings. The molecule has 0 heterocycles. The number of aryl methyl sites for hydroxylation is 2. The standard InChI is InChI=1S/C20H24Cl2N2O/c1-4-5-10-24(13-16-7-8-17(21)12-18(16)22)20(25)23-19-9-6-14(2)11-15(19)3/h6-9,11-12H,4-5,10,13H2,1-3H3,(H,23,25). The maximum atomic E-state index is 12.8. The van der Waals surface area contributed by atoms with Crippen molar-refractivity contribution in [2.45, 2.75) is 40.2 Å². The molecule has 0 spiro atoms. The molecule has 0 aliphatic carbocycles. The number of nitrogens with zero attached hydrogens (tertiary/aromatic N) is 1. The highest BCUT2D eigenvalue weighted by atomic mass is 35.5. The molecule has 0 saturated carbocycles. The second kappa shape index (κ2) is 9.12. The molecule has 0 unspecified atom stereocenters. The number of anilines is 1. The Morgan fingerprint density at radius 3 is 2.52 bits per heavy atom. The van der Waals surface area contributed by atoms with Crippen molar-refractivity contribution in [3.05, 3.63) is 63.1 Å². The van der Waals surface area contributed by atoms with Crippen molar-refractivity contribution in [3.8, 4) is 0 Å². The highest BCUT2D eigenvalue weighted by molar-refractivity contribution is 6.35. The summed E-state index contributed by atoms with van der Waals surface area (Å²) in [7, 11) is 0. The molecule has 3 nitrogen and oxygen atoms in total. The van der Waals surface area contributed by atoms with Crippen molar-refractivity contribution < 1.29 is 4.79 Å². The maximum Gasteiger partial charge on any atom is 0.322 e. The zero-order valence-corrected chi connectivity index (χ0v) is 16.4. The number of halogens is 2. The van der Waals surface area contributed by atoms with Crippen molar-refractivity contribution >= 4 is 34.9 Å². The van der Waals surface area contributed by atoms with Gasteiger partial charge in [-0.3, -0.25) is 0 Å². The van der Waals surface area contributed by atoms with Gasteiger partial charge in [0.15, 0.2) is 0 Å². The first-order valence-electron chi connectivity index (χ1n) is 8.47. The van der Waals surface area contributed by atoms with E-state index in [2.05, 4.69) is 18.3 Å². The molecule has 0 aromatic heterocycles. The van der Waals surface area contributed by atoms with Crippen LogP contribution in [0, 0.1) is 13.8 Å². The van der Waals surface area contributed by atoms with Crippen LogP contribution in [0.15, 0.2) is 36.4 Å². The summed E-state index contributed by atoms with van der Waals surface area (Å²) in [5.74, 6) is 0. The van der Waals surface area contributed by atoms with Gasteiger partial charge in [-0.15, -0.1) is 0 Å². The number of amides is 2. The summed E-state index contributed by atoms with van der Waals surface area (Å²) in [4.78, 5) is 14.6. The number of carbonyl (C=O) groups is 1. The number of benzene rings is 2. The predicted molar refractivity (Wildman–Crippen MR) is 107 cm³/mol. The van der Waals surface area contributed by atoms with Gasteiger partial charge in [0.05, 0.1) is 0 Å². The van der Waals surface area contributed by atoms with Crippen LogP contribution in [-0.2, 0) is 6.54 Å². The van der Waals surface area contributed by atoms with Crippen molar-refractivity contribution in [1.82, 2.24) is 4.90 Å². The van der Waals surface area contributed by atoms with Gasteiger partial charge in [0.25, 0.3) is 0 Å². The van der Waals surface area contributed by atoms with Crippen LogP contribution in [-0.4, -0.2) is 17.5 Å². The summed E-state index contributed by atoms with van der Waals surface area (Å²) in [6, 6.07) is 11.2. The molecule has 0 fully saturated rings. The van der Waals surface area contributed by atoms with Crippen LogP contribution in [0.3, 0.4) is 0 Å². The molecule has 25 heavy (non-hydrogen) atoms. The number of rotatable bonds is 6. The van der Waals surface area contributed by atoms with Crippen molar-refractivity contribution in [3.63, 3.8) is 0 Å². The largest absolute Gasteiger partial charge is 0.322 e. The highest BCUT2D eigenvalue weighted by Crippen LogP contribution is 2.23. The molecule has 5 heteroatoms. The van der Waals surface area contributed by atoms with E-state index in [1.807, 2.05) is 32.0 Å². The van der Waals surface area contributed by atoms with E-state index in [1.165, 1.54) is 5.56 Å². The van der Waals surface area contributed by atoms with E-state index in [4.69, 9.17) is 23.2 Å². The second-order valence-corrected chi connectivity index (χ2v) is 7.10. The molecule has 0 atom stereocenters. The van der Waals surface area contributed by atoms with E-state index >= 15 is 0 Å². The topological polar surface area (TPSA) is 32.3 Å².